The Kier molecular flexibility index (Phi) is 6.07. The minimum absolute atomic E-state index is 0.0229. The number of sulfonamides is 1. The van der Waals surface area contributed by atoms with E-state index in [4.69, 9.17) is 6.42 Å². The van der Waals surface area contributed by atoms with E-state index >= 15 is 0 Å². The minimum atomic E-state index is -3.77. The summed E-state index contributed by atoms with van der Waals surface area (Å²) < 4.78 is 28.3. The van der Waals surface area contributed by atoms with Crippen LogP contribution in [0.15, 0.2) is 66.1 Å². The monoisotopic (exact) mass is 409 g/mol. The van der Waals surface area contributed by atoms with E-state index < -0.39 is 10.0 Å². The Morgan fingerprint density at radius 1 is 1.24 bits per heavy atom. The summed E-state index contributed by atoms with van der Waals surface area (Å²) in [6, 6.07) is 13.0. The first-order chi connectivity index (χ1) is 13.9. The van der Waals surface area contributed by atoms with Crippen LogP contribution in [0.1, 0.15) is 28.9 Å². The quantitative estimate of drug-likeness (QED) is 0.578. The van der Waals surface area contributed by atoms with Gasteiger partial charge in [0.2, 0.25) is 10.0 Å². The van der Waals surface area contributed by atoms with Crippen molar-refractivity contribution in [1.82, 2.24) is 24.8 Å². The van der Waals surface area contributed by atoms with Gasteiger partial charge in [-0.05, 0) is 42.8 Å². The van der Waals surface area contributed by atoms with Gasteiger partial charge >= 0.3 is 0 Å². The number of carbonyl (C=O) groups is 1. The van der Waals surface area contributed by atoms with E-state index in [0.717, 1.165) is 11.3 Å². The molecule has 0 aliphatic heterocycles. The number of amides is 1. The molecule has 0 aliphatic rings. The molecule has 3 rings (SSSR count). The first-order valence-corrected chi connectivity index (χ1v) is 10.2. The van der Waals surface area contributed by atoms with E-state index in [2.05, 4.69) is 26.0 Å². The number of benzene rings is 2. The van der Waals surface area contributed by atoms with E-state index in [-0.39, 0.29) is 29.0 Å². The molecule has 0 aliphatic carbocycles. The lowest BCUT2D eigenvalue weighted by Crippen LogP contribution is -2.27. The van der Waals surface area contributed by atoms with Crippen LogP contribution in [0.4, 0.5) is 0 Å². The van der Waals surface area contributed by atoms with Gasteiger partial charge in [0, 0.05) is 5.56 Å². The predicted molar refractivity (Wildman–Crippen MR) is 108 cm³/mol. The Bertz CT molecular complexity index is 1130. The molecule has 8 nitrogen and oxygen atoms in total. The number of nitrogens with one attached hydrogen (secondary N) is 2. The molecule has 0 spiro atoms. The van der Waals surface area contributed by atoms with E-state index in [0.29, 0.717) is 0 Å². The first-order valence-electron chi connectivity index (χ1n) is 8.70. The molecule has 0 bridgehead atoms. The highest BCUT2D eigenvalue weighted by Gasteiger charge is 2.17. The second-order valence-corrected chi connectivity index (χ2v) is 7.95. The summed E-state index contributed by atoms with van der Waals surface area (Å²) in [7, 11) is -3.77. The minimum Gasteiger partial charge on any atom is -0.346 e. The number of rotatable bonds is 7. The lowest BCUT2D eigenvalue weighted by atomic mass is 10.1. The van der Waals surface area contributed by atoms with Crippen LogP contribution in [0.2, 0.25) is 0 Å². The maximum absolute atomic E-state index is 12.6. The van der Waals surface area contributed by atoms with Gasteiger partial charge in [0.15, 0.2) is 0 Å². The van der Waals surface area contributed by atoms with E-state index in [1.807, 2.05) is 31.2 Å². The highest BCUT2D eigenvalue weighted by atomic mass is 32.2. The Balaban J connectivity index is 1.71. The largest absolute Gasteiger partial charge is 0.346 e. The zero-order chi connectivity index (χ0) is 20.9. The van der Waals surface area contributed by atoms with E-state index in [1.54, 1.807) is 17.1 Å². The highest BCUT2D eigenvalue weighted by molar-refractivity contribution is 7.89. The van der Waals surface area contributed by atoms with Crippen molar-refractivity contribution in [1.29, 1.82) is 0 Å². The standard InChI is InChI=1S/C20H19N5O3S/c1-3-11-23-29(27,28)19-6-4-5-17(12-19)20(26)24-15(2)16-7-9-18(10-8-16)25-14-21-13-22-25/h1,4-10,12-15,23H,11H2,2H3,(H,24,26). The van der Waals surface area contributed by atoms with Gasteiger partial charge in [-0.3, -0.25) is 4.79 Å². The third-order valence-corrected chi connectivity index (χ3v) is 5.59. The van der Waals surface area contributed by atoms with Crippen LogP contribution < -0.4 is 10.0 Å². The van der Waals surface area contributed by atoms with Crippen molar-refractivity contribution in [2.24, 2.45) is 0 Å². The van der Waals surface area contributed by atoms with Crippen LogP contribution in [-0.2, 0) is 10.0 Å². The molecule has 1 heterocycles. The molecule has 1 atom stereocenters. The van der Waals surface area contributed by atoms with Crippen molar-refractivity contribution in [3.05, 3.63) is 72.3 Å². The molecule has 0 fully saturated rings. The molecule has 1 aromatic heterocycles. The fourth-order valence-corrected chi connectivity index (χ4v) is 3.62. The topological polar surface area (TPSA) is 106 Å². The third kappa shape index (κ3) is 4.87. The van der Waals surface area contributed by atoms with Crippen molar-refractivity contribution in [3.8, 4) is 18.0 Å². The Hall–Kier alpha value is -3.48. The van der Waals surface area contributed by atoms with Gasteiger partial charge in [-0.2, -0.15) is 9.82 Å². The fraction of sp³-hybridized carbons (Fsp3) is 0.150. The molecular weight excluding hydrogens is 390 g/mol. The van der Waals surface area contributed by atoms with Crippen molar-refractivity contribution >= 4 is 15.9 Å². The molecule has 2 aromatic carbocycles. The number of aromatic nitrogens is 3. The predicted octanol–water partition coefficient (Wildman–Crippen LogP) is 1.67. The lowest BCUT2D eigenvalue weighted by Gasteiger charge is -2.15. The van der Waals surface area contributed by atoms with E-state index in [1.165, 1.54) is 24.5 Å². The van der Waals surface area contributed by atoms with Crippen LogP contribution >= 0.6 is 0 Å². The average Bonchev–Trinajstić information content (AvgIpc) is 3.27. The van der Waals surface area contributed by atoms with Crippen LogP contribution in [-0.4, -0.2) is 35.6 Å². The third-order valence-electron chi connectivity index (χ3n) is 4.19. The maximum Gasteiger partial charge on any atom is 0.251 e. The lowest BCUT2D eigenvalue weighted by molar-refractivity contribution is 0.0939. The summed E-state index contributed by atoms with van der Waals surface area (Å²) in [5, 5.41) is 6.93. The molecule has 0 radical (unpaired) electrons. The summed E-state index contributed by atoms with van der Waals surface area (Å²) in [5.41, 5.74) is 1.98. The molecule has 1 unspecified atom stereocenters. The van der Waals surface area contributed by atoms with Crippen LogP contribution in [0.3, 0.4) is 0 Å². The fourth-order valence-electron chi connectivity index (χ4n) is 2.65. The molecule has 0 saturated carbocycles. The zero-order valence-corrected chi connectivity index (χ0v) is 16.4. The van der Waals surface area contributed by atoms with Crippen LogP contribution in [0.5, 0.6) is 0 Å². The van der Waals surface area contributed by atoms with E-state index in [9.17, 15) is 13.2 Å². The second-order valence-electron chi connectivity index (χ2n) is 6.18. The highest BCUT2D eigenvalue weighted by Crippen LogP contribution is 2.17. The van der Waals surface area contributed by atoms with Gasteiger partial charge in [-0.1, -0.05) is 24.1 Å². The normalized spacial score (nSPS) is 12.1. The van der Waals surface area contributed by atoms with Gasteiger partial charge in [-0.25, -0.2) is 18.1 Å². The molecule has 2 N–H and O–H groups in total. The summed E-state index contributed by atoms with van der Waals surface area (Å²) in [5.74, 6) is 1.83. The van der Waals surface area contributed by atoms with Crippen molar-refractivity contribution in [2.75, 3.05) is 6.54 Å². The average molecular weight is 409 g/mol. The first kappa shape index (κ1) is 20.3. The Labute approximate surface area is 169 Å². The van der Waals surface area contributed by atoms with Crippen molar-refractivity contribution in [2.45, 2.75) is 17.9 Å². The van der Waals surface area contributed by atoms with Crippen LogP contribution in [0, 0.1) is 12.3 Å². The SMILES string of the molecule is C#CCNS(=O)(=O)c1cccc(C(=O)NC(C)c2ccc(-n3cncn3)cc2)c1. The smallest absolute Gasteiger partial charge is 0.251 e. The van der Waals surface area contributed by atoms with Gasteiger partial charge in [0.05, 0.1) is 23.2 Å². The summed E-state index contributed by atoms with van der Waals surface area (Å²) in [4.78, 5) is 16.5. The summed E-state index contributed by atoms with van der Waals surface area (Å²) >= 11 is 0. The summed E-state index contributed by atoms with van der Waals surface area (Å²) in [6.45, 7) is 1.72. The van der Waals surface area contributed by atoms with Crippen LogP contribution in [0.25, 0.3) is 5.69 Å². The maximum atomic E-state index is 12.6. The number of hydrogen-bond acceptors (Lipinski definition) is 5. The Morgan fingerprint density at radius 3 is 2.66 bits per heavy atom. The molecule has 9 heteroatoms. The molecular formula is C20H19N5O3S. The molecule has 0 saturated heterocycles. The molecule has 3 aromatic rings. The molecule has 29 heavy (non-hydrogen) atoms. The number of hydrogen-bond donors (Lipinski definition) is 2. The van der Waals surface area contributed by atoms with Crippen molar-refractivity contribution < 1.29 is 13.2 Å². The number of terminal acetylenes is 1. The second kappa shape index (κ2) is 8.68. The van der Waals surface area contributed by atoms with Gasteiger partial charge in [-0.15, -0.1) is 6.42 Å². The molecule has 148 valence electrons. The number of carbonyl (C=O) groups excluding carboxylic acids is 1. The van der Waals surface area contributed by atoms with Gasteiger partial charge < -0.3 is 5.32 Å². The molecule has 1 amide bonds. The Morgan fingerprint density at radius 2 is 2.00 bits per heavy atom. The van der Waals surface area contributed by atoms with Gasteiger partial charge in [0.1, 0.15) is 12.7 Å². The van der Waals surface area contributed by atoms with Gasteiger partial charge in [0.25, 0.3) is 5.91 Å². The number of nitrogens with zero attached hydrogens (tertiary/aromatic N) is 3. The zero-order valence-electron chi connectivity index (χ0n) is 15.6. The van der Waals surface area contributed by atoms with Crippen molar-refractivity contribution in [3.63, 3.8) is 0 Å². The summed E-state index contributed by atoms with van der Waals surface area (Å²) in [6.07, 6.45) is 8.14.